The SMILES string of the molecule is O=C(CCNCCC1=CCCCC1)Nc1ccc(N2CCCCC2)cc1. The fourth-order valence-electron chi connectivity index (χ4n) is 3.84. The van der Waals surface area contributed by atoms with E-state index in [1.54, 1.807) is 5.57 Å². The van der Waals surface area contributed by atoms with Crippen LogP contribution in [-0.4, -0.2) is 32.1 Å². The van der Waals surface area contributed by atoms with E-state index in [1.165, 1.54) is 50.6 Å². The van der Waals surface area contributed by atoms with Gasteiger partial charge in [-0.25, -0.2) is 0 Å². The molecule has 1 aliphatic carbocycles. The van der Waals surface area contributed by atoms with Gasteiger partial charge in [-0.05, 0) is 82.2 Å². The first-order valence-corrected chi connectivity index (χ1v) is 10.3. The molecule has 1 aromatic carbocycles. The normalized spacial score (nSPS) is 17.7. The molecule has 0 bridgehead atoms. The monoisotopic (exact) mass is 355 g/mol. The number of hydrogen-bond acceptors (Lipinski definition) is 3. The fourth-order valence-corrected chi connectivity index (χ4v) is 3.84. The van der Waals surface area contributed by atoms with E-state index in [-0.39, 0.29) is 5.91 Å². The van der Waals surface area contributed by atoms with Gasteiger partial charge in [-0.2, -0.15) is 0 Å². The zero-order valence-electron chi connectivity index (χ0n) is 15.9. The number of carbonyl (C=O) groups excluding carboxylic acids is 1. The molecule has 3 rings (SSSR count). The predicted octanol–water partition coefficient (Wildman–Crippen LogP) is 4.49. The van der Waals surface area contributed by atoms with Crippen LogP contribution in [0.15, 0.2) is 35.9 Å². The summed E-state index contributed by atoms with van der Waals surface area (Å²) in [6, 6.07) is 8.28. The summed E-state index contributed by atoms with van der Waals surface area (Å²) in [6.45, 7) is 4.01. The summed E-state index contributed by atoms with van der Waals surface area (Å²) in [4.78, 5) is 14.5. The van der Waals surface area contributed by atoms with E-state index >= 15 is 0 Å². The van der Waals surface area contributed by atoms with Crippen molar-refractivity contribution in [3.63, 3.8) is 0 Å². The molecule has 0 saturated carbocycles. The lowest BCUT2D eigenvalue weighted by Crippen LogP contribution is -2.29. The van der Waals surface area contributed by atoms with Crippen molar-refractivity contribution in [3.8, 4) is 0 Å². The Bertz CT molecular complexity index is 588. The molecule has 0 radical (unpaired) electrons. The van der Waals surface area contributed by atoms with Gasteiger partial charge in [-0.1, -0.05) is 11.6 Å². The summed E-state index contributed by atoms with van der Waals surface area (Å²) in [5, 5.41) is 6.40. The Morgan fingerprint density at radius 3 is 2.50 bits per heavy atom. The lowest BCUT2D eigenvalue weighted by atomic mass is 9.97. The molecule has 0 unspecified atom stereocenters. The Morgan fingerprint density at radius 1 is 0.962 bits per heavy atom. The zero-order chi connectivity index (χ0) is 18.0. The Kier molecular flexibility index (Phi) is 7.56. The van der Waals surface area contributed by atoms with Crippen LogP contribution in [0.5, 0.6) is 0 Å². The van der Waals surface area contributed by atoms with Crippen LogP contribution in [0.2, 0.25) is 0 Å². The van der Waals surface area contributed by atoms with E-state index in [9.17, 15) is 4.79 Å². The minimum atomic E-state index is 0.0834. The highest BCUT2D eigenvalue weighted by molar-refractivity contribution is 5.91. The number of benzene rings is 1. The first kappa shape index (κ1) is 19.0. The highest BCUT2D eigenvalue weighted by Crippen LogP contribution is 2.22. The maximum Gasteiger partial charge on any atom is 0.225 e. The predicted molar refractivity (Wildman–Crippen MR) is 110 cm³/mol. The van der Waals surface area contributed by atoms with E-state index in [1.807, 2.05) is 12.1 Å². The third-order valence-electron chi connectivity index (χ3n) is 5.41. The number of rotatable bonds is 8. The second-order valence-corrected chi connectivity index (χ2v) is 7.50. The molecule has 1 saturated heterocycles. The van der Waals surface area contributed by atoms with Crippen molar-refractivity contribution in [1.82, 2.24) is 5.32 Å². The summed E-state index contributed by atoms with van der Waals surface area (Å²) in [5.74, 6) is 0.0834. The summed E-state index contributed by atoms with van der Waals surface area (Å²) in [6.07, 6.45) is 13.1. The Balaban J connectivity index is 1.32. The maximum atomic E-state index is 12.1. The molecule has 1 aliphatic heterocycles. The Labute approximate surface area is 158 Å². The molecular weight excluding hydrogens is 322 g/mol. The smallest absolute Gasteiger partial charge is 0.225 e. The molecule has 2 aliphatic rings. The van der Waals surface area contributed by atoms with E-state index in [4.69, 9.17) is 0 Å². The van der Waals surface area contributed by atoms with Crippen LogP contribution < -0.4 is 15.5 Å². The van der Waals surface area contributed by atoms with Gasteiger partial charge < -0.3 is 15.5 Å². The Hall–Kier alpha value is -1.81. The van der Waals surface area contributed by atoms with Crippen molar-refractivity contribution >= 4 is 17.3 Å². The number of allylic oxidation sites excluding steroid dienone is 1. The molecule has 0 spiro atoms. The van der Waals surface area contributed by atoms with Gasteiger partial charge in [0.05, 0.1) is 0 Å². The zero-order valence-corrected chi connectivity index (χ0v) is 15.9. The number of anilines is 2. The van der Waals surface area contributed by atoms with E-state index in [0.717, 1.165) is 38.3 Å². The van der Waals surface area contributed by atoms with Crippen molar-refractivity contribution in [2.24, 2.45) is 0 Å². The molecule has 26 heavy (non-hydrogen) atoms. The average molecular weight is 356 g/mol. The van der Waals surface area contributed by atoms with Crippen molar-refractivity contribution in [2.75, 3.05) is 36.4 Å². The van der Waals surface area contributed by atoms with E-state index < -0.39 is 0 Å². The van der Waals surface area contributed by atoms with Crippen molar-refractivity contribution in [2.45, 2.75) is 57.8 Å². The van der Waals surface area contributed by atoms with Crippen LogP contribution in [0, 0.1) is 0 Å². The summed E-state index contributed by atoms with van der Waals surface area (Å²) in [5.41, 5.74) is 3.74. The van der Waals surface area contributed by atoms with Crippen molar-refractivity contribution in [3.05, 3.63) is 35.9 Å². The van der Waals surface area contributed by atoms with Gasteiger partial charge in [0.1, 0.15) is 0 Å². The van der Waals surface area contributed by atoms with Crippen molar-refractivity contribution in [1.29, 1.82) is 0 Å². The van der Waals surface area contributed by atoms with E-state index in [0.29, 0.717) is 6.42 Å². The molecule has 0 atom stereocenters. The minimum Gasteiger partial charge on any atom is -0.372 e. The minimum absolute atomic E-state index is 0.0834. The highest BCUT2D eigenvalue weighted by atomic mass is 16.1. The standard InChI is InChI=1S/C22H33N3O/c26-22(14-16-23-15-13-19-7-3-1-4-8-19)24-20-9-11-21(12-10-20)25-17-5-2-6-18-25/h7,9-12,23H,1-6,8,13-18H2,(H,24,26). The number of nitrogens with zero attached hydrogens (tertiary/aromatic N) is 1. The Morgan fingerprint density at radius 2 is 1.77 bits per heavy atom. The second-order valence-electron chi connectivity index (χ2n) is 7.50. The van der Waals surface area contributed by atoms with Gasteiger partial charge in [-0.15, -0.1) is 0 Å². The summed E-state index contributed by atoms with van der Waals surface area (Å²) in [7, 11) is 0. The first-order valence-electron chi connectivity index (χ1n) is 10.3. The molecule has 2 N–H and O–H groups in total. The first-order chi connectivity index (χ1) is 12.8. The van der Waals surface area contributed by atoms with Gasteiger partial charge in [0.15, 0.2) is 0 Å². The lowest BCUT2D eigenvalue weighted by molar-refractivity contribution is -0.116. The molecule has 0 aromatic heterocycles. The number of piperidine rings is 1. The second kappa shape index (κ2) is 10.4. The van der Waals surface area contributed by atoms with E-state index in [2.05, 4.69) is 33.7 Å². The van der Waals surface area contributed by atoms with Gasteiger partial charge in [0.2, 0.25) is 5.91 Å². The third kappa shape index (κ3) is 6.17. The lowest BCUT2D eigenvalue weighted by Gasteiger charge is -2.28. The van der Waals surface area contributed by atoms with Gasteiger partial charge in [0.25, 0.3) is 0 Å². The van der Waals surface area contributed by atoms with Crippen LogP contribution in [0.3, 0.4) is 0 Å². The summed E-state index contributed by atoms with van der Waals surface area (Å²) < 4.78 is 0. The summed E-state index contributed by atoms with van der Waals surface area (Å²) >= 11 is 0. The molecule has 4 nitrogen and oxygen atoms in total. The van der Waals surface area contributed by atoms with Gasteiger partial charge >= 0.3 is 0 Å². The fraction of sp³-hybridized carbons (Fsp3) is 0.591. The van der Waals surface area contributed by atoms with Crippen LogP contribution in [0.4, 0.5) is 11.4 Å². The van der Waals surface area contributed by atoms with Crippen molar-refractivity contribution < 1.29 is 4.79 Å². The number of nitrogens with one attached hydrogen (secondary N) is 2. The molecule has 1 heterocycles. The topological polar surface area (TPSA) is 44.4 Å². The quantitative estimate of drug-likeness (QED) is 0.533. The van der Waals surface area contributed by atoms with Crippen LogP contribution in [0.25, 0.3) is 0 Å². The molecule has 142 valence electrons. The number of hydrogen-bond donors (Lipinski definition) is 2. The van der Waals surface area contributed by atoms with Gasteiger partial charge in [0, 0.05) is 37.4 Å². The van der Waals surface area contributed by atoms with Crippen LogP contribution in [-0.2, 0) is 4.79 Å². The van der Waals surface area contributed by atoms with Gasteiger partial charge in [-0.3, -0.25) is 4.79 Å². The largest absolute Gasteiger partial charge is 0.372 e. The third-order valence-corrected chi connectivity index (χ3v) is 5.41. The average Bonchev–Trinajstić information content (AvgIpc) is 2.70. The molecular formula is C22H33N3O. The molecule has 1 fully saturated rings. The molecule has 4 heteroatoms. The number of amides is 1. The van der Waals surface area contributed by atoms with Crippen LogP contribution in [0.1, 0.15) is 57.8 Å². The maximum absolute atomic E-state index is 12.1. The number of carbonyl (C=O) groups is 1. The molecule has 1 amide bonds. The highest BCUT2D eigenvalue weighted by Gasteiger charge is 2.11. The van der Waals surface area contributed by atoms with Crippen LogP contribution >= 0.6 is 0 Å². The molecule has 1 aromatic rings.